The molecule has 0 bridgehead atoms. The number of amides is 1. The highest BCUT2D eigenvalue weighted by atomic mass is 32.2. The number of thioether (sulfide) groups is 1. The van der Waals surface area contributed by atoms with Gasteiger partial charge < -0.3 is 5.32 Å². The molecule has 1 aromatic rings. The topological polar surface area (TPSA) is 70.7 Å². The summed E-state index contributed by atoms with van der Waals surface area (Å²) in [6.07, 6.45) is 9.74. The average Bonchev–Trinajstić information content (AvgIpc) is 3.16. The van der Waals surface area contributed by atoms with Crippen molar-refractivity contribution >= 4 is 17.7 Å². The number of hydrogen-bond acceptors (Lipinski definition) is 4. The van der Waals surface area contributed by atoms with Gasteiger partial charge in [-0.15, -0.1) is 5.10 Å². The van der Waals surface area contributed by atoms with Crippen molar-refractivity contribution in [1.82, 2.24) is 20.5 Å². The number of aromatic nitrogens is 3. The first-order valence-corrected chi connectivity index (χ1v) is 9.84. The standard InChI is InChI=1S/C17H30N4OS/c1-4-7-12(2)18-16(22)13(3)23-17-19-15(20-21-17)11-10-14-8-5-6-9-14/h12-14H,4-11H2,1-3H3,(H,18,22)(H,19,20,21). The summed E-state index contributed by atoms with van der Waals surface area (Å²) in [5.74, 6) is 1.88. The van der Waals surface area contributed by atoms with E-state index in [-0.39, 0.29) is 17.2 Å². The Hall–Kier alpha value is -1.04. The molecule has 23 heavy (non-hydrogen) atoms. The van der Waals surface area contributed by atoms with Gasteiger partial charge in [0.2, 0.25) is 11.1 Å². The number of H-pyrrole nitrogens is 1. The summed E-state index contributed by atoms with van der Waals surface area (Å²) in [5, 5.41) is 10.8. The van der Waals surface area contributed by atoms with Crippen molar-refractivity contribution in [2.24, 2.45) is 5.92 Å². The van der Waals surface area contributed by atoms with E-state index in [0.29, 0.717) is 5.16 Å². The highest BCUT2D eigenvalue weighted by Crippen LogP contribution is 2.28. The summed E-state index contributed by atoms with van der Waals surface area (Å²) in [6, 6.07) is 0.227. The van der Waals surface area contributed by atoms with Crippen LogP contribution in [0, 0.1) is 5.92 Å². The molecule has 1 amide bonds. The summed E-state index contributed by atoms with van der Waals surface area (Å²) < 4.78 is 0. The third kappa shape index (κ3) is 6.16. The van der Waals surface area contributed by atoms with E-state index < -0.39 is 0 Å². The van der Waals surface area contributed by atoms with Crippen LogP contribution in [0.15, 0.2) is 5.16 Å². The summed E-state index contributed by atoms with van der Waals surface area (Å²) in [6.45, 7) is 6.08. The number of nitrogens with zero attached hydrogens (tertiary/aromatic N) is 2. The van der Waals surface area contributed by atoms with Crippen molar-refractivity contribution in [3.8, 4) is 0 Å². The van der Waals surface area contributed by atoms with E-state index >= 15 is 0 Å². The second-order valence-corrected chi connectivity index (χ2v) is 8.02. The number of aromatic amines is 1. The SMILES string of the molecule is CCCC(C)NC(=O)C(C)Sc1n[nH]c(CCC2CCCC2)n1. The number of aryl methyl sites for hydroxylation is 1. The van der Waals surface area contributed by atoms with Crippen LogP contribution in [-0.2, 0) is 11.2 Å². The molecule has 1 fully saturated rings. The Morgan fingerprint density at radius 3 is 2.83 bits per heavy atom. The Morgan fingerprint density at radius 1 is 1.39 bits per heavy atom. The Morgan fingerprint density at radius 2 is 2.13 bits per heavy atom. The van der Waals surface area contributed by atoms with E-state index in [1.807, 2.05) is 13.8 Å². The number of nitrogens with one attached hydrogen (secondary N) is 2. The summed E-state index contributed by atoms with van der Waals surface area (Å²) in [5.41, 5.74) is 0. The first-order chi connectivity index (χ1) is 11.1. The molecule has 2 atom stereocenters. The van der Waals surface area contributed by atoms with Crippen LogP contribution in [-0.4, -0.2) is 32.4 Å². The van der Waals surface area contributed by atoms with E-state index in [1.54, 1.807) is 0 Å². The van der Waals surface area contributed by atoms with Gasteiger partial charge in [0, 0.05) is 12.5 Å². The molecule has 1 aromatic heterocycles. The third-order valence-corrected chi connectivity index (χ3v) is 5.50. The quantitative estimate of drug-likeness (QED) is 0.673. The van der Waals surface area contributed by atoms with Gasteiger partial charge in [-0.2, -0.15) is 0 Å². The van der Waals surface area contributed by atoms with Gasteiger partial charge in [-0.05, 0) is 32.6 Å². The van der Waals surface area contributed by atoms with Gasteiger partial charge in [-0.1, -0.05) is 50.8 Å². The highest BCUT2D eigenvalue weighted by molar-refractivity contribution is 8.00. The van der Waals surface area contributed by atoms with Crippen molar-refractivity contribution in [3.63, 3.8) is 0 Å². The fourth-order valence-corrected chi connectivity index (χ4v) is 3.91. The van der Waals surface area contributed by atoms with Gasteiger partial charge >= 0.3 is 0 Å². The fraction of sp³-hybridized carbons (Fsp3) is 0.824. The molecule has 6 heteroatoms. The molecule has 2 unspecified atom stereocenters. The van der Waals surface area contributed by atoms with Gasteiger partial charge in [-0.3, -0.25) is 9.89 Å². The molecular weight excluding hydrogens is 308 g/mol. The van der Waals surface area contributed by atoms with Crippen molar-refractivity contribution in [2.45, 2.75) is 88.6 Å². The van der Waals surface area contributed by atoms with Gasteiger partial charge in [0.1, 0.15) is 5.82 Å². The van der Waals surface area contributed by atoms with Crippen LogP contribution >= 0.6 is 11.8 Å². The molecule has 0 saturated heterocycles. The first-order valence-electron chi connectivity index (χ1n) is 8.96. The molecule has 1 aliphatic carbocycles. The first kappa shape index (κ1) is 18.3. The fourth-order valence-electron chi connectivity index (χ4n) is 3.16. The highest BCUT2D eigenvalue weighted by Gasteiger charge is 2.19. The smallest absolute Gasteiger partial charge is 0.233 e. The van der Waals surface area contributed by atoms with Crippen LogP contribution in [0.1, 0.15) is 71.5 Å². The summed E-state index contributed by atoms with van der Waals surface area (Å²) in [4.78, 5) is 16.7. The Balaban J connectivity index is 1.75. The number of carbonyl (C=O) groups is 1. The van der Waals surface area contributed by atoms with Crippen molar-refractivity contribution in [1.29, 1.82) is 0 Å². The lowest BCUT2D eigenvalue weighted by Crippen LogP contribution is -2.37. The maximum Gasteiger partial charge on any atom is 0.233 e. The minimum atomic E-state index is -0.173. The molecule has 0 radical (unpaired) electrons. The number of hydrogen-bond donors (Lipinski definition) is 2. The van der Waals surface area contributed by atoms with E-state index in [4.69, 9.17) is 0 Å². The molecule has 5 nitrogen and oxygen atoms in total. The molecule has 0 spiro atoms. The normalized spacial score (nSPS) is 18.0. The predicted octanol–water partition coefficient (Wildman–Crippen LogP) is 3.71. The molecular formula is C17H30N4OS. The zero-order valence-electron chi connectivity index (χ0n) is 14.6. The van der Waals surface area contributed by atoms with Gasteiger partial charge in [-0.25, -0.2) is 4.98 Å². The second kappa shape index (κ2) is 9.30. The molecule has 1 saturated carbocycles. The molecule has 2 N–H and O–H groups in total. The lowest BCUT2D eigenvalue weighted by Gasteiger charge is -2.15. The van der Waals surface area contributed by atoms with Crippen molar-refractivity contribution in [2.75, 3.05) is 0 Å². The largest absolute Gasteiger partial charge is 0.353 e. The minimum absolute atomic E-state index is 0.0632. The van der Waals surface area contributed by atoms with Crippen LogP contribution < -0.4 is 5.32 Å². The molecule has 2 rings (SSSR count). The lowest BCUT2D eigenvalue weighted by atomic mass is 10.0. The Labute approximate surface area is 143 Å². The van der Waals surface area contributed by atoms with E-state index in [2.05, 4.69) is 27.4 Å². The molecule has 0 aliphatic heterocycles. The van der Waals surface area contributed by atoms with E-state index in [9.17, 15) is 4.79 Å². The maximum absolute atomic E-state index is 12.1. The van der Waals surface area contributed by atoms with Gasteiger partial charge in [0.25, 0.3) is 0 Å². The van der Waals surface area contributed by atoms with E-state index in [1.165, 1.54) is 43.9 Å². The van der Waals surface area contributed by atoms with Crippen LogP contribution in [0.25, 0.3) is 0 Å². The van der Waals surface area contributed by atoms with Crippen molar-refractivity contribution in [3.05, 3.63) is 5.82 Å². The second-order valence-electron chi connectivity index (χ2n) is 6.71. The molecule has 0 aromatic carbocycles. The van der Waals surface area contributed by atoms with Gasteiger partial charge in [0.15, 0.2) is 0 Å². The molecule has 130 valence electrons. The average molecular weight is 339 g/mol. The monoisotopic (exact) mass is 338 g/mol. The zero-order valence-corrected chi connectivity index (χ0v) is 15.4. The lowest BCUT2D eigenvalue weighted by molar-refractivity contribution is -0.120. The van der Waals surface area contributed by atoms with Crippen LogP contribution in [0.2, 0.25) is 0 Å². The number of carbonyl (C=O) groups excluding carboxylic acids is 1. The molecule has 1 aliphatic rings. The van der Waals surface area contributed by atoms with E-state index in [0.717, 1.165) is 31.0 Å². The van der Waals surface area contributed by atoms with Crippen LogP contribution in [0.3, 0.4) is 0 Å². The minimum Gasteiger partial charge on any atom is -0.353 e. The number of rotatable bonds is 9. The third-order valence-electron chi connectivity index (χ3n) is 4.54. The molecule has 1 heterocycles. The van der Waals surface area contributed by atoms with Crippen LogP contribution in [0.4, 0.5) is 0 Å². The Bertz CT molecular complexity index is 485. The Kier molecular flexibility index (Phi) is 7.40. The van der Waals surface area contributed by atoms with Gasteiger partial charge in [0.05, 0.1) is 5.25 Å². The zero-order chi connectivity index (χ0) is 16.7. The summed E-state index contributed by atoms with van der Waals surface area (Å²) in [7, 11) is 0. The van der Waals surface area contributed by atoms with Crippen molar-refractivity contribution < 1.29 is 4.79 Å². The van der Waals surface area contributed by atoms with Crippen LogP contribution in [0.5, 0.6) is 0 Å². The maximum atomic E-state index is 12.1. The summed E-state index contributed by atoms with van der Waals surface area (Å²) >= 11 is 1.43. The predicted molar refractivity (Wildman–Crippen MR) is 94.5 cm³/mol.